The van der Waals surface area contributed by atoms with E-state index < -0.39 is 18.1 Å². The van der Waals surface area contributed by atoms with Crippen molar-refractivity contribution in [3.8, 4) is 11.5 Å². The maximum atomic E-state index is 11.8. The van der Waals surface area contributed by atoms with E-state index in [1.165, 1.54) is 10.8 Å². The van der Waals surface area contributed by atoms with Gasteiger partial charge in [-0.2, -0.15) is 13.2 Å². The van der Waals surface area contributed by atoms with Crippen molar-refractivity contribution < 1.29 is 47.2 Å². The van der Waals surface area contributed by atoms with E-state index in [4.69, 9.17) is 24.5 Å². The van der Waals surface area contributed by atoms with E-state index in [9.17, 15) is 22.8 Å². The van der Waals surface area contributed by atoms with E-state index in [0.29, 0.717) is 25.1 Å². The van der Waals surface area contributed by atoms with Crippen molar-refractivity contribution in [3.05, 3.63) is 23.8 Å². The number of rotatable bonds is 10. The summed E-state index contributed by atoms with van der Waals surface area (Å²) < 4.78 is 42.3. The molecule has 1 aromatic rings. The third-order valence-corrected chi connectivity index (χ3v) is 5.72. The van der Waals surface area contributed by atoms with Gasteiger partial charge in [0.1, 0.15) is 0 Å². The molecule has 168 valence electrons. The molecule has 30 heavy (non-hydrogen) atoms. The number of carboxylic acid groups (broad SMARTS) is 2. The first-order chi connectivity index (χ1) is 14.1. The Bertz CT molecular complexity index is 732. The fraction of sp³-hybridized carbons (Fsp3) is 0.471. The molecule has 1 aromatic carbocycles. The lowest BCUT2D eigenvalue weighted by atomic mass is 10.1. The van der Waals surface area contributed by atoms with Crippen LogP contribution in [0.2, 0.25) is 0 Å². The van der Waals surface area contributed by atoms with Crippen LogP contribution in [0.1, 0.15) is 18.4 Å². The van der Waals surface area contributed by atoms with Crippen molar-refractivity contribution in [1.82, 2.24) is 5.32 Å². The first-order valence-corrected chi connectivity index (χ1v) is 11.0. The van der Waals surface area contributed by atoms with Crippen LogP contribution in [-0.2, 0) is 20.8 Å². The number of carbonyl (C=O) groups is 3. The third-order valence-electron chi connectivity index (χ3n) is 3.31. The summed E-state index contributed by atoms with van der Waals surface area (Å²) in [6.07, 6.45) is -3.83. The van der Waals surface area contributed by atoms with E-state index in [-0.39, 0.29) is 19.1 Å². The Morgan fingerprint density at radius 1 is 1.03 bits per heavy atom. The number of benzene rings is 1. The molecule has 1 aliphatic heterocycles. The molecular formula is C17H20F3NO7S2. The van der Waals surface area contributed by atoms with Gasteiger partial charge in [0.2, 0.25) is 12.7 Å². The van der Waals surface area contributed by atoms with Crippen LogP contribution in [-0.4, -0.2) is 59.1 Å². The maximum Gasteiger partial charge on any atom is 0.490 e. The Labute approximate surface area is 177 Å². The topological polar surface area (TPSA) is 122 Å². The van der Waals surface area contributed by atoms with E-state index in [2.05, 4.69) is 5.32 Å². The van der Waals surface area contributed by atoms with Gasteiger partial charge in [-0.05, 0) is 24.1 Å². The molecule has 0 unspecified atom stereocenters. The molecule has 13 heteroatoms. The zero-order chi connectivity index (χ0) is 22.6. The smallest absolute Gasteiger partial charge is 0.481 e. The summed E-state index contributed by atoms with van der Waals surface area (Å²) in [6, 6.07) is 5.71. The second kappa shape index (κ2) is 13.1. The number of halogens is 3. The second-order valence-corrected chi connectivity index (χ2v) is 8.33. The average Bonchev–Trinajstić information content (AvgIpc) is 3.13. The van der Waals surface area contributed by atoms with E-state index in [1.807, 2.05) is 18.2 Å². The molecule has 0 spiro atoms. The van der Waals surface area contributed by atoms with Gasteiger partial charge in [0, 0.05) is 24.5 Å². The highest BCUT2D eigenvalue weighted by Crippen LogP contribution is 2.32. The van der Waals surface area contributed by atoms with Crippen LogP contribution in [0.5, 0.6) is 11.5 Å². The molecule has 0 radical (unpaired) electrons. The SMILES string of the molecule is O=C(O)C(F)(F)F.O=C(O)CCSSCCNC(=O)CCc1ccc2c(c1)OCO2. The molecular weight excluding hydrogens is 451 g/mol. The summed E-state index contributed by atoms with van der Waals surface area (Å²) in [5.41, 5.74) is 1.04. The van der Waals surface area contributed by atoms with Crippen molar-refractivity contribution in [2.45, 2.75) is 25.4 Å². The van der Waals surface area contributed by atoms with Crippen LogP contribution < -0.4 is 14.8 Å². The summed E-state index contributed by atoms with van der Waals surface area (Å²) >= 11 is 0. The van der Waals surface area contributed by atoms with Crippen LogP contribution in [0, 0.1) is 0 Å². The van der Waals surface area contributed by atoms with Crippen LogP contribution in [0.15, 0.2) is 18.2 Å². The molecule has 1 aliphatic rings. The number of aliphatic carboxylic acids is 2. The second-order valence-electron chi connectivity index (χ2n) is 5.63. The monoisotopic (exact) mass is 471 g/mol. The van der Waals surface area contributed by atoms with Gasteiger partial charge in [0.25, 0.3) is 0 Å². The van der Waals surface area contributed by atoms with Crippen LogP contribution in [0.25, 0.3) is 0 Å². The fourth-order valence-electron chi connectivity index (χ4n) is 1.92. The van der Waals surface area contributed by atoms with Gasteiger partial charge >= 0.3 is 18.1 Å². The van der Waals surface area contributed by atoms with Crippen LogP contribution in [0.3, 0.4) is 0 Å². The highest BCUT2D eigenvalue weighted by atomic mass is 33.1. The van der Waals surface area contributed by atoms with Crippen molar-refractivity contribution in [2.75, 3.05) is 24.8 Å². The number of nitrogens with one attached hydrogen (secondary N) is 1. The Morgan fingerprint density at radius 2 is 1.67 bits per heavy atom. The number of carboxylic acids is 2. The van der Waals surface area contributed by atoms with Crippen molar-refractivity contribution in [2.24, 2.45) is 0 Å². The zero-order valence-corrected chi connectivity index (χ0v) is 17.2. The van der Waals surface area contributed by atoms with E-state index in [1.54, 1.807) is 10.8 Å². The number of fused-ring (bicyclic) bond motifs is 1. The highest BCUT2D eigenvalue weighted by molar-refractivity contribution is 8.76. The molecule has 0 fully saturated rings. The summed E-state index contributed by atoms with van der Waals surface area (Å²) in [5, 5.41) is 18.5. The largest absolute Gasteiger partial charge is 0.490 e. The molecule has 0 aliphatic carbocycles. The summed E-state index contributed by atoms with van der Waals surface area (Å²) in [4.78, 5) is 31.0. The number of ether oxygens (including phenoxy) is 2. The standard InChI is InChI=1S/C15H19NO5S2.C2HF3O2/c17-14(16-6-8-23-22-7-5-15(18)19)4-2-11-1-3-12-13(9-11)21-10-20-12;3-2(4,5)1(6)7/h1,3,9H,2,4-8,10H2,(H,16,17)(H,18,19);(H,6,7). The summed E-state index contributed by atoms with van der Waals surface area (Å²) in [6.45, 7) is 0.839. The number of amides is 1. The quantitative estimate of drug-likeness (QED) is 0.349. The lowest BCUT2D eigenvalue weighted by Crippen LogP contribution is -2.25. The third kappa shape index (κ3) is 11.0. The summed E-state index contributed by atoms with van der Waals surface area (Å²) in [7, 11) is 3.09. The first-order valence-electron chi connectivity index (χ1n) is 8.51. The number of aryl methyl sites for hydroxylation is 1. The molecule has 1 amide bonds. The van der Waals surface area contributed by atoms with Gasteiger partial charge in [-0.15, -0.1) is 0 Å². The minimum absolute atomic E-state index is 0.0128. The molecule has 8 nitrogen and oxygen atoms in total. The number of hydrogen-bond donors (Lipinski definition) is 3. The van der Waals surface area contributed by atoms with Crippen LogP contribution in [0.4, 0.5) is 13.2 Å². The molecule has 0 saturated heterocycles. The Hall–Kier alpha value is -2.28. The molecule has 0 aromatic heterocycles. The molecule has 0 bridgehead atoms. The van der Waals surface area contributed by atoms with Crippen molar-refractivity contribution in [1.29, 1.82) is 0 Å². The van der Waals surface area contributed by atoms with Crippen LogP contribution >= 0.6 is 21.6 Å². The highest BCUT2D eigenvalue weighted by Gasteiger charge is 2.38. The molecule has 0 atom stereocenters. The minimum Gasteiger partial charge on any atom is -0.481 e. The Balaban J connectivity index is 0.000000553. The maximum absolute atomic E-state index is 11.8. The minimum atomic E-state index is -5.08. The average molecular weight is 471 g/mol. The normalized spacial score (nSPS) is 12.0. The van der Waals surface area contributed by atoms with Gasteiger partial charge in [-0.1, -0.05) is 27.7 Å². The molecule has 1 heterocycles. The van der Waals surface area contributed by atoms with E-state index in [0.717, 1.165) is 22.8 Å². The van der Waals surface area contributed by atoms with Gasteiger partial charge in [0.05, 0.1) is 6.42 Å². The number of carbonyl (C=O) groups excluding carboxylic acids is 1. The van der Waals surface area contributed by atoms with Gasteiger partial charge in [-0.25, -0.2) is 4.79 Å². The predicted octanol–water partition coefficient (Wildman–Crippen LogP) is 2.95. The predicted molar refractivity (Wildman–Crippen MR) is 105 cm³/mol. The van der Waals surface area contributed by atoms with Crippen molar-refractivity contribution in [3.63, 3.8) is 0 Å². The van der Waals surface area contributed by atoms with Gasteiger partial charge in [-0.3, -0.25) is 9.59 Å². The lowest BCUT2D eigenvalue weighted by Gasteiger charge is -2.05. The lowest BCUT2D eigenvalue weighted by molar-refractivity contribution is -0.192. The Morgan fingerprint density at radius 3 is 2.30 bits per heavy atom. The first kappa shape index (κ1) is 25.8. The summed E-state index contributed by atoms with van der Waals surface area (Å²) in [5.74, 6) is -0.701. The van der Waals surface area contributed by atoms with Gasteiger partial charge in [0.15, 0.2) is 11.5 Å². The number of hydrogen-bond acceptors (Lipinski definition) is 7. The molecule has 2 rings (SSSR count). The van der Waals surface area contributed by atoms with Gasteiger partial charge < -0.3 is 25.0 Å². The van der Waals surface area contributed by atoms with Crippen molar-refractivity contribution >= 4 is 39.4 Å². The molecule has 3 N–H and O–H groups in total. The van der Waals surface area contributed by atoms with E-state index >= 15 is 0 Å². The Kier molecular flexibility index (Phi) is 11.3. The fourth-order valence-corrected chi connectivity index (χ4v) is 3.81. The zero-order valence-electron chi connectivity index (χ0n) is 15.6. The number of alkyl halides is 3. The molecule has 0 saturated carbocycles.